The third-order valence-electron chi connectivity index (χ3n) is 6.31. The van der Waals surface area contributed by atoms with E-state index in [1.54, 1.807) is 78.2 Å². The molecular weight excluding hydrogens is 585 g/mol. The summed E-state index contributed by atoms with van der Waals surface area (Å²) in [4.78, 5) is 17.3. The van der Waals surface area contributed by atoms with Crippen LogP contribution in [0.25, 0.3) is 5.65 Å². The predicted octanol–water partition coefficient (Wildman–Crippen LogP) is 6.01. The monoisotopic (exact) mass is 609 g/mol. The lowest BCUT2D eigenvalue weighted by Crippen LogP contribution is -2.30. The van der Waals surface area contributed by atoms with Gasteiger partial charge in [-0.05, 0) is 67.9 Å². The maximum absolute atomic E-state index is 13.7. The van der Waals surface area contributed by atoms with Gasteiger partial charge in [0, 0.05) is 22.8 Å². The number of hydrazone groups is 1. The van der Waals surface area contributed by atoms with Crippen molar-refractivity contribution in [1.82, 2.24) is 19.1 Å². The van der Waals surface area contributed by atoms with Crippen LogP contribution in [0.2, 0.25) is 10.0 Å². The summed E-state index contributed by atoms with van der Waals surface area (Å²) in [6.45, 7) is 3.55. The number of sulfonamides is 1. The molecule has 0 bridgehead atoms. The number of pyridine rings is 1. The molecule has 210 valence electrons. The van der Waals surface area contributed by atoms with Gasteiger partial charge in [0.25, 0.3) is 5.91 Å². The molecule has 0 unspecified atom stereocenters. The first-order chi connectivity index (χ1) is 19.6. The number of nitrogens with one attached hydrogen (secondary N) is 1. The van der Waals surface area contributed by atoms with Crippen molar-refractivity contribution in [1.29, 1.82) is 0 Å². The Bertz CT molecular complexity index is 1860. The van der Waals surface area contributed by atoms with Crippen molar-refractivity contribution < 1.29 is 17.6 Å². The fourth-order valence-electron chi connectivity index (χ4n) is 4.24. The summed E-state index contributed by atoms with van der Waals surface area (Å²) in [5.74, 6) is 0.267. The van der Waals surface area contributed by atoms with E-state index < -0.39 is 15.9 Å². The van der Waals surface area contributed by atoms with Crippen LogP contribution < -0.4 is 5.43 Å². The number of halogens is 2. The number of aromatic nitrogens is 2. The van der Waals surface area contributed by atoms with Crippen LogP contribution in [0.15, 0.2) is 93.4 Å². The molecule has 3 aromatic heterocycles. The van der Waals surface area contributed by atoms with E-state index in [9.17, 15) is 13.2 Å². The maximum atomic E-state index is 13.7. The summed E-state index contributed by atoms with van der Waals surface area (Å²) in [6, 6.07) is 20.3. The Morgan fingerprint density at radius 3 is 2.59 bits per heavy atom. The van der Waals surface area contributed by atoms with Crippen LogP contribution in [0.5, 0.6) is 0 Å². The van der Waals surface area contributed by atoms with E-state index in [-0.39, 0.29) is 18.0 Å². The second kappa shape index (κ2) is 11.9. The van der Waals surface area contributed by atoms with Gasteiger partial charge in [-0.25, -0.2) is 18.8 Å². The zero-order chi connectivity index (χ0) is 29.1. The molecule has 0 saturated heterocycles. The molecule has 12 heteroatoms. The molecule has 0 spiro atoms. The summed E-state index contributed by atoms with van der Waals surface area (Å²) in [6.07, 6.45) is 3.09. The third kappa shape index (κ3) is 6.36. The van der Waals surface area contributed by atoms with Crippen LogP contribution in [-0.4, -0.2) is 34.2 Å². The van der Waals surface area contributed by atoms with E-state index >= 15 is 0 Å². The SMILES string of the molecule is Cc1ccc(S(=O)(=O)N(Cc2ccc(/C=N/NC(=O)c3c(C)nc4ccccn34)o2)Cc2ccc(Cl)cc2Cl)cc1. The van der Waals surface area contributed by atoms with Crippen molar-refractivity contribution in [3.63, 3.8) is 0 Å². The number of benzene rings is 2. The van der Waals surface area contributed by atoms with Crippen LogP contribution in [0.1, 0.15) is 38.8 Å². The predicted molar refractivity (Wildman–Crippen MR) is 158 cm³/mol. The van der Waals surface area contributed by atoms with Crippen molar-refractivity contribution in [3.8, 4) is 0 Å². The highest BCUT2D eigenvalue weighted by molar-refractivity contribution is 7.89. The fourth-order valence-corrected chi connectivity index (χ4v) is 6.09. The van der Waals surface area contributed by atoms with E-state index in [2.05, 4.69) is 15.5 Å². The van der Waals surface area contributed by atoms with Crippen molar-refractivity contribution in [2.75, 3.05) is 0 Å². The normalized spacial score (nSPS) is 12.0. The average molecular weight is 611 g/mol. The lowest BCUT2D eigenvalue weighted by molar-refractivity contribution is 0.0948. The molecule has 5 aromatic rings. The Morgan fingerprint density at radius 1 is 1.05 bits per heavy atom. The number of amides is 1. The van der Waals surface area contributed by atoms with Crippen molar-refractivity contribution in [2.45, 2.75) is 31.8 Å². The minimum atomic E-state index is -3.92. The van der Waals surface area contributed by atoms with Gasteiger partial charge in [-0.3, -0.25) is 9.20 Å². The number of fused-ring (bicyclic) bond motifs is 1. The fraction of sp³-hybridized carbons (Fsp3) is 0.138. The average Bonchev–Trinajstić information content (AvgIpc) is 3.52. The molecular formula is C29H25Cl2N5O4S. The van der Waals surface area contributed by atoms with E-state index in [0.717, 1.165) is 5.56 Å². The lowest BCUT2D eigenvalue weighted by Gasteiger charge is -2.22. The molecule has 3 heterocycles. The van der Waals surface area contributed by atoms with Crippen molar-refractivity contribution in [2.24, 2.45) is 5.10 Å². The molecule has 0 saturated carbocycles. The number of hydrogen-bond acceptors (Lipinski definition) is 6. The standard InChI is InChI=1S/C29H25Cl2N5O4S/c1-19-6-12-25(13-7-19)41(38,39)35(17-21-8-9-22(30)15-26(21)31)18-24-11-10-23(40-24)16-32-34-29(37)28-20(2)33-27-5-3-4-14-36(27)28/h3-16H,17-18H2,1-2H3,(H,34,37)/b32-16+. The zero-order valence-electron chi connectivity index (χ0n) is 22.1. The van der Waals surface area contributed by atoms with Crippen LogP contribution in [0, 0.1) is 13.8 Å². The molecule has 1 amide bonds. The Balaban J connectivity index is 1.34. The first-order valence-corrected chi connectivity index (χ1v) is 14.7. The van der Waals surface area contributed by atoms with Gasteiger partial charge in [0.15, 0.2) is 0 Å². The number of imidazole rings is 1. The molecule has 0 aliphatic carbocycles. The molecule has 41 heavy (non-hydrogen) atoms. The Labute approximate surface area is 247 Å². The molecule has 0 aliphatic heterocycles. The summed E-state index contributed by atoms with van der Waals surface area (Å²) in [7, 11) is -3.92. The minimum absolute atomic E-state index is 0.00888. The summed E-state index contributed by atoms with van der Waals surface area (Å²) >= 11 is 12.4. The highest BCUT2D eigenvalue weighted by Crippen LogP contribution is 2.27. The van der Waals surface area contributed by atoms with Crippen LogP contribution >= 0.6 is 23.2 Å². The molecule has 0 radical (unpaired) electrons. The summed E-state index contributed by atoms with van der Waals surface area (Å²) < 4.78 is 36.1. The topological polar surface area (TPSA) is 109 Å². The van der Waals surface area contributed by atoms with Gasteiger partial charge in [0.05, 0.1) is 23.3 Å². The van der Waals surface area contributed by atoms with Crippen LogP contribution in [-0.2, 0) is 23.1 Å². The molecule has 2 aromatic carbocycles. The lowest BCUT2D eigenvalue weighted by atomic mass is 10.2. The van der Waals surface area contributed by atoms with Gasteiger partial charge in [0.1, 0.15) is 22.9 Å². The summed E-state index contributed by atoms with van der Waals surface area (Å²) in [5.41, 5.74) is 5.61. The van der Waals surface area contributed by atoms with Gasteiger partial charge in [0.2, 0.25) is 10.0 Å². The van der Waals surface area contributed by atoms with Gasteiger partial charge < -0.3 is 4.42 Å². The molecule has 0 atom stereocenters. The van der Waals surface area contributed by atoms with Crippen molar-refractivity contribution in [3.05, 3.63) is 123 Å². The van der Waals surface area contributed by atoms with Gasteiger partial charge in [-0.1, -0.05) is 53.0 Å². The second-order valence-corrected chi connectivity index (χ2v) is 12.1. The van der Waals surface area contributed by atoms with Gasteiger partial charge in [-0.15, -0.1) is 0 Å². The molecule has 9 nitrogen and oxygen atoms in total. The number of carbonyl (C=O) groups is 1. The van der Waals surface area contributed by atoms with E-state index in [4.69, 9.17) is 27.6 Å². The Kier molecular flexibility index (Phi) is 8.27. The molecule has 0 fully saturated rings. The third-order valence-corrected chi connectivity index (χ3v) is 8.71. The number of aryl methyl sites for hydroxylation is 2. The second-order valence-electron chi connectivity index (χ2n) is 9.30. The quantitative estimate of drug-likeness (QED) is 0.163. The Morgan fingerprint density at radius 2 is 1.83 bits per heavy atom. The first kappa shape index (κ1) is 28.6. The maximum Gasteiger partial charge on any atom is 0.290 e. The Hall–Kier alpha value is -3.96. The highest BCUT2D eigenvalue weighted by Gasteiger charge is 2.27. The highest BCUT2D eigenvalue weighted by atomic mass is 35.5. The molecule has 5 rings (SSSR count). The molecule has 1 N–H and O–H groups in total. The molecule has 0 aliphatic rings. The van der Waals surface area contributed by atoms with E-state index in [1.165, 1.54) is 10.5 Å². The number of furan rings is 1. The number of nitrogens with zero attached hydrogens (tertiary/aromatic N) is 4. The van der Waals surface area contributed by atoms with E-state index in [0.29, 0.717) is 44.2 Å². The number of carbonyl (C=O) groups excluding carboxylic acids is 1. The zero-order valence-corrected chi connectivity index (χ0v) is 24.4. The number of hydrogen-bond donors (Lipinski definition) is 1. The van der Waals surface area contributed by atoms with Crippen LogP contribution in [0.3, 0.4) is 0 Å². The smallest absolute Gasteiger partial charge is 0.290 e. The summed E-state index contributed by atoms with van der Waals surface area (Å²) in [5, 5.41) is 4.81. The van der Waals surface area contributed by atoms with Gasteiger partial charge in [-0.2, -0.15) is 9.41 Å². The largest absolute Gasteiger partial charge is 0.459 e. The number of rotatable bonds is 9. The van der Waals surface area contributed by atoms with Crippen molar-refractivity contribution >= 4 is 51.0 Å². The van der Waals surface area contributed by atoms with Gasteiger partial charge >= 0.3 is 0 Å². The minimum Gasteiger partial charge on any atom is -0.459 e. The van der Waals surface area contributed by atoms with E-state index in [1.807, 2.05) is 19.1 Å². The first-order valence-electron chi connectivity index (χ1n) is 12.5. The van der Waals surface area contributed by atoms with Crippen LogP contribution in [0.4, 0.5) is 0 Å².